The average molecular weight is 570 g/mol. The Kier molecular flexibility index (Phi) is 16.0. The molecule has 0 aromatic heterocycles. The Hall–Kier alpha value is -1.87. The van der Waals surface area contributed by atoms with Crippen LogP contribution in [-0.4, -0.2) is 62.5 Å². The molecule has 2 amide bonds. The molecule has 3 unspecified atom stereocenters. The molecule has 1 aliphatic carbocycles. The number of nitrogens with one attached hydrogen (secondary N) is 2. The van der Waals surface area contributed by atoms with E-state index in [1.165, 1.54) is 12.8 Å². The van der Waals surface area contributed by atoms with Crippen LogP contribution in [0, 0.1) is 23.2 Å². The summed E-state index contributed by atoms with van der Waals surface area (Å²) in [5.74, 6) is 1.04. The third-order valence-electron chi connectivity index (χ3n) is 8.10. The number of ether oxygens (including phenoxy) is 2. The Bertz CT molecular complexity index is 861. The Balaban J connectivity index is 0.00000760. The Morgan fingerprint density at radius 3 is 2.36 bits per heavy atom. The predicted octanol–water partition coefficient (Wildman–Crippen LogP) is 4.33. The van der Waals surface area contributed by atoms with Crippen LogP contribution in [0.4, 0.5) is 0 Å². The number of aliphatic hydroxyl groups is 1. The van der Waals surface area contributed by atoms with Gasteiger partial charge in [-0.15, -0.1) is 12.4 Å². The first-order valence-electron chi connectivity index (χ1n) is 14.3. The lowest BCUT2D eigenvalue weighted by Crippen LogP contribution is -2.49. The molecule has 0 bridgehead atoms. The molecule has 0 aliphatic heterocycles. The van der Waals surface area contributed by atoms with Gasteiger partial charge >= 0.3 is 0 Å². The number of carbonyl (C=O) groups excluding carboxylic acids is 2. The molecule has 9 heteroatoms. The lowest BCUT2D eigenvalue weighted by Gasteiger charge is -2.31. The molecule has 0 radical (unpaired) electrons. The van der Waals surface area contributed by atoms with Crippen molar-refractivity contribution in [1.29, 1.82) is 0 Å². The van der Waals surface area contributed by atoms with Crippen LogP contribution in [0.2, 0.25) is 0 Å². The van der Waals surface area contributed by atoms with E-state index in [0.717, 1.165) is 25.7 Å². The van der Waals surface area contributed by atoms with Crippen molar-refractivity contribution < 1.29 is 24.2 Å². The summed E-state index contributed by atoms with van der Waals surface area (Å²) in [4.78, 5) is 25.8. The van der Waals surface area contributed by atoms with Crippen molar-refractivity contribution in [2.24, 2.45) is 28.9 Å². The van der Waals surface area contributed by atoms with E-state index in [2.05, 4.69) is 24.5 Å². The fourth-order valence-corrected chi connectivity index (χ4v) is 5.14. The maximum Gasteiger partial charge on any atom is 0.255 e. The molecule has 8 nitrogen and oxygen atoms in total. The fraction of sp³-hybridized carbons (Fsp3) is 0.733. The minimum atomic E-state index is -0.859. The number of rotatable bonds is 17. The molecule has 1 fully saturated rings. The van der Waals surface area contributed by atoms with Crippen LogP contribution in [-0.2, 0) is 9.53 Å². The van der Waals surface area contributed by atoms with Gasteiger partial charge in [0.15, 0.2) is 0 Å². The third kappa shape index (κ3) is 11.3. The van der Waals surface area contributed by atoms with Gasteiger partial charge in [-0.1, -0.05) is 52.7 Å². The highest BCUT2D eigenvalue weighted by atomic mass is 35.5. The number of nitrogens with two attached hydrogens (primary N) is 1. The SMILES string of the molecule is COCCCCOc1ccccc1C(=O)NCC(CC(N)C(O)CNC(=O)C(C)(C)C1CCCC1)C(C)C.Cl. The van der Waals surface area contributed by atoms with E-state index in [1.54, 1.807) is 19.2 Å². The van der Waals surface area contributed by atoms with E-state index in [0.29, 0.717) is 43.4 Å². The Morgan fingerprint density at radius 1 is 1.08 bits per heavy atom. The zero-order valence-electron chi connectivity index (χ0n) is 24.5. The molecule has 1 saturated carbocycles. The van der Waals surface area contributed by atoms with E-state index in [4.69, 9.17) is 15.2 Å². The van der Waals surface area contributed by atoms with Crippen molar-refractivity contribution in [3.05, 3.63) is 29.8 Å². The zero-order valence-corrected chi connectivity index (χ0v) is 25.4. The normalized spacial score (nSPS) is 16.3. The standard InChI is InChI=1S/C30H51N3O5.ClH/c1-21(2)22(18-25(31)26(34)20-33-29(36)30(3,4)23-12-6-7-13-23)19-32-28(35)24-14-8-9-15-27(24)38-17-11-10-16-37-5;/h8-9,14-15,21-23,25-26,34H,6-7,10-13,16-20,31H2,1-5H3,(H,32,35)(H,33,36);1H. The number of amides is 2. The van der Waals surface area contributed by atoms with Crippen LogP contribution in [0.5, 0.6) is 5.75 Å². The maximum atomic E-state index is 13.0. The summed E-state index contributed by atoms with van der Waals surface area (Å²) in [7, 11) is 1.68. The topological polar surface area (TPSA) is 123 Å². The smallest absolute Gasteiger partial charge is 0.255 e. The van der Waals surface area contributed by atoms with Crippen LogP contribution in [0.1, 0.15) is 83.0 Å². The number of hydrogen-bond donors (Lipinski definition) is 4. The number of benzene rings is 1. The van der Waals surface area contributed by atoms with Crippen LogP contribution < -0.4 is 21.1 Å². The summed E-state index contributed by atoms with van der Waals surface area (Å²) >= 11 is 0. The molecule has 0 spiro atoms. The molecule has 1 aromatic rings. The highest BCUT2D eigenvalue weighted by Gasteiger charge is 2.38. The molecule has 39 heavy (non-hydrogen) atoms. The summed E-state index contributed by atoms with van der Waals surface area (Å²) in [6, 6.07) is 6.72. The second-order valence-electron chi connectivity index (χ2n) is 11.6. The molecular formula is C30H52ClN3O5. The number of hydrogen-bond acceptors (Lipinski definition) is 6. The molecular weight excluding hydrogens is 518 g/mol. The molecule has 0 heterocycles. The average Bonchev–Trinajstić information content (AvgIpc) is 3.45. The van der Waals surface area contributed by atoms with E-state index in [9.17, 15) is 14.7 Å². The van der Waals surface area contributed by atoms with Gasteiger partial charge in [-0.2, -0.15) is 0 Å². The fourth-order valence-electron chi connectivity index (χ4n) is 5.14. The number of unbranched alkanes of at least 4 members (excludes halogenated alkanes) is 1. The van der Waals surface area contributed by atoms with Gasteiger partial charge in [0.1, 0.15) is 5.75 Å². The largest absolute Gasteiger partial charge is 0.493 e. The van der Waals surface area contributed by atoms with Gasteiger partial charge in [0.05, 0.1) is 18.3 Å². The summed E-state index contributed by atoms with van der Waals surface area (Å²) in [6.45, 7) is 9.91. The summed E-state index contributed by atoms with van der Waals surface area (Å²) < 4.78 is 10.9. The number of aliphatic hydroxyl groups excluding tert-OH is 1. The minimum absolute atomic E-state index is 0. The van der Waals surface area contributed by atoms with Crippen molar-refractivity contribution in [2.75, 3.05) is 33.4 Å². The molecule has 1 aromatic carbocycles. The highest BCUT2D eigenvalue weighted by molar-refractivity contribution is 5.96. The Labute approximate surface area is 241 Å². The van der Waals surface area contributed by atoms with Gasteiger partial charge in [-0.3, -0.25) is 9.59 Å². The lowest BCUT2D eigenvalue weighted by molar-refractivity contribution is -0.132. The van der Waals surface area contributed by atoms with E-state index >= 15 is 0 Å². The molecule has 224 valence electrons. The molecule has 5 N–H and O–H groups in total. The first-order valence-corrected chi connectivity index (χ1v) is 14.3. The zero-order chi connectivity index (χ0) is 28.1. The summed E-state index contributed by atoms with van der Waals surface area (Å²) in [6.07, 6.45) is 5.92. The van der Waals surface area contributed by atoms with Gasteiger partial charge < -0.3 is 30.9 Å². The molecule has 3 atom stereocenters. The number of carbonyl (C=O) groups is 2. The quantitative estimate of drug-likeness (QED) is 0.207. The monoisotopic (exact) mass is 569 g/mol. The highest BCUT2D eigenvalue weighted by Crippen LogP contribution is 2.39. The van der Waals surface area contributed by atoms with E-state index < -0.39 is 17.6 Å². The van der Waals surface area contributed by atoms with Crippen LogP contribution in [0.3, 0.4) is 0 Å². The van der Waals surface area contributed by atoms with Gasteiger partial charge in [-0.25, -0.2) is 0 Å². The Morgan fingerprint density at radius 2 is 1.72 bits per heavy atom. The second-order valence-corrected chi connectivity index (χ2v) is 11.6. The van der Waals surface area contributed by atoms with E-state index in [1.807, 2.05) is 26.0 Å². The number of para-hydroxylation sites is 1. The van der Waals surface area contributed by atoms with Gasteiger partial charge in [0, 0.05) is 38.3 Å². The number of methoxy groups -OCH3 is 1. The molecule has 1 aliphatic rings. The van der Waals surface area contributed by atoms with Crippen molar-refractivity contribution in [3.63, 3.8) is 0 Å². The third-order valence-corrected chi connectivity index (χ3v) is 8.10. The van der Waals surface area contributed by atoms with Crippen LogP contribution in [0.15, 0.2) is 24.3 Å². The van der Waals surface area contributed by atoms with Crippen LogP contribution >= 0.6 is 12.4 Å². The van der Waals surface area contributed by atoms with Crippen molar-refractivity contribution in [2.45, 2.75) is 84.8 Å². The van der Waals surface area contributed by atoms with Gasteiger partial charge in [0.2, 0.25) is 5.91 Å². The first-order chi connectivity index (χ1) is 18.1. The maximum absolute atomic E-state index is 13.0. The van der Waals surface area contributed by atoms with Crippen molar-refractivity contribution in [3.8, 4) is 5.75 Å². The van der Waals surface area contributed by atoms with Crippen molar-refractivity contribution >= 4 is 24.2 Å². The van der Waals surface area contributed by atoms with E-state index in [-0.39, 0.29) is 42.6 Å². The van der Waals surface area contributed by atoms with Gasteiger partial charge in [-0.05, 0) is 62.0 Å². The second kappa shape index (κ2) is 17.7. The summed E-state index contributed by atoms with van der Waals surface area (Å²) in [5, 5.41) is 16.7. The molecule has 0 saturated heterocycles. The minimum Gasteiger partial charge on any atom is -0.493 e. The lowest BCUT2D eigenvalue weighted by atomic mass is 9.77. The molecule has 2 rings (SSSR count). The van der Waals surface area contributed by atoms with Crippen molar-refractivity contribution in [1.82, 2.24) is 10.6 Å². The summed E-state index contributed by atoms with van der Waals surface area (Å²) in [5.41, 5.74) is 6.41. The van der Waals surface area contributed by atoms with Gasteiger partial charge in [0.25, 0.3) is 5.91 Å². The first kappa shape index (κ1) is 35.2. The predicted molar refractivity (Wildman–Crippen MR) is 158 cm³/mol. The van der Waals surface area contributed by atoms with Crippen LogP contribution in [0.25, 0.3) is 0 Å². The number of halogens is 1.